The molecule has 1 atom stereocenters. The molecule has 0 saturated heterocycles. The van der Waals surface area contributed by atoms with E-state index in [0.29, 0.717) is 12.3 Å². The Balaban J connectivity index is 1.18. The summed E-state index contributed by atoms with van der Waals surface area (Å²) in [6.45, 7) is 0.0281. The van der Waals surface area contributed by atoms with Gasteiger partial charge in [0.25, 0.3) is 0 Å². The third-order valence-corrected chi connectivity index (χ3v) is 9.18. The zero-order valence-electron chi connectivity index (χ0n) is 23.8. The first kappa shape index (κ1) is 30.8. The van der Waals surface area contributed by atoms with Crippen LogP contribution < -0.4 is 10.0 Å². The van der Waals surface area contributed by atoms with Crippen molar-refractivity contribution in [3.8, 4) is 0 Å². The fourth-order valence-corrected chi connectivity index (χ4v) is 6.97. The van der Waals surface area contributed by atoms with E-state index in [1.54, 1.807) is 12.1 Å². The average Bonchev–Trinajstić information content (AvgIpc) is 2.95. The van der Waals surface area contributed by atoms with Gasteiger partial charge >= 0.3 is 0 Å². The quantitative estimate of drug-likeness (QED) is 0.286. The summed E-state index contributed by atoms with van der Waals surface area (Å²) in [7, 11) is 0.361. The zero-order chi connectivity index (χ0) is 29.2. The molecule has 1 amide bonds. The second-order valence-corrected chi connectivity index (χ2v) is 12.6. The summed E-state index contributed by atoms with van der Waals surface area (Å²) in [6.07, 6.45) is 4.16. The van der Waals surface area contributed by atoms with E-state index in [1.165, 1.54) is 12.1 Å². The number of sulfonamides is 1. The van der Waals surface area contributed by atoms with Crippen LogP contribution in [0.25, 0.3) is 0 Å². The fourth-order valence-electron chi connectivity index (χ4n) is 5.72. The Morgan fingerprint density at radius 2 is 1.61 bits per heavy atom. The highest BCUT2D eigenvalue weighted by Gasteiger charge is 2.30. The summed E-state index contributed by atoms with van der Waals surface area (Å²) < 4.78 is 47.4. The van der Waals surface area contributed by atoms with Crippen molar-refractivity contribution in [2.75, 3.05) is 33.9 Å². The molecule has 1 aliphatic carbocycles. The Morgan fingerprint density at radius 1 is 0.951 bits per heavy atom. The van der Waals surface area contributed by atoms with Crippen LogP contribution in [0.4, 0.5) is 4.39 Å². The zero-order valence-corrected chi connectivity index (χ0v) is 24.6. The molecule has 9 heteroatoms. The molecule has 41 heavy (non-hydrogen) atoms. The number of hydrogen-bond donors (Lipinski definition) is 2. The molecule has 3 aromatic carbocycles. The van der Waals surface area contributed by atoms with Crippen molar-refractivity contribution in [1.29, 1.82) is 0 Å². The summed E-state index contributed by atoms with van der Waals surface area (Å²) in [4.78, 5) is 14.9. The number of amides is 1. The molecule has 1 fully saturated rings. The molecule has 0 spiro atoms. The van der Waals surface area contributed by atoms with Gasteiger partial charge in [-0.25, -0.2) is 17.5 Å². The standard InChI is InChI=1S/C32H40FN3O4S/c1-36(2)32(25-12-16-28(33)17-13-25)26-14-18-29(19-15-26)35-31(37)23-40-21-20-34-41(38,39)30-11-7-6-10-27(30)22-24-8-4-3-5-9-24/h3-13,16-17,26,29,32,34H,14-15,18-23H2,1-2H3,(H,35,37). The maximum absolute atomic E-state index is 13.4. The minimum Gasteiger partial charge on any atom is -0.370 e. The van der Waals surface area contributed by atoms with Crippen molar-refractivity contribution in [2.24, 2.45) is 5.92 Å². The minimum absolute atomic E-state index is 0.0652. The summed E-state index contributed by atoms with van der Waals surface area (Å²) >= 11 is 0. The number of carbonyl (C=O) groups is 1. The van der Waals surface area contributed by atoms with Gasteiger partial charge in [-0.05, 0) is 87.0 Å². The van der Waals surface area contributed by atoms with Gasteiger partial charge in [0.2, 0.25) is 15.9 Å². The lowest BCUT2D eigenvalue weighted by atomic mass is 9.78. The highest BCUT2D eigenvalue weighted by Crippen LogP contribution is 2.37. The van der Waals surface area contributed by atoms with E-state index in [4.69, 9.17) is 4.74 Å². The number of nitrogens with zero attached hydrogens (tertiary/aromatic N) is 1. The van der Waals surface area contributed by atoms with E-state index in [0.717, 1.165) is 42.4 Å². The van der Waals surface area contributed by atoms with Gasteiger partial charge in [-0.1, -0.05) is 60.7 Å². The SMILES string of the molecule is CN(C)C(c1ccc(F)cc1)C1CCC(NC(=O)COCCNS(=O)(=O)c2ccccc2Cc2ccccc2)CC1. The van der Waals surface area contributed by atoms with Crippen molar-refractivity contribution in [2.45, 2.75) is 49.1 Å². The lowest BCUT2D eigenvalue weighted by molar-refractivity contribution is -0.126. The highest BCUT2D eigenvalue weighted by atomic mass is 32.2. The number of benzene rings is 3. The van der Waals surface area contributed by atoms with Gasteiger partial charge in [0.15, 0.2) is 0 Å². The van der Waals surface area contributed by atoms with Crippen molar-refractivity contribution in [1.82, 2.24) is 14.9 Å². The fraction of sp³-hybridized carbons (Fsp3) is 0.406. The number of hydrogen-bond acceptors (Lipinski definition) is 5. The second kappa shape index (κ2) is 14.7. The Morgan fingerprint density at radius 3 is 2.29 bits per heavy atom. The largest absolute Gasteiger partial charge is 0.370 e. The topological polar surface area (TPSA) is 87.7 Å². The van der Waals surface area contributed by atoms with E-state index < -0.39 is 10.0 Å². The summed E-state index contributed by atoms with van der Waals surface area (Å²) in [5.41, 5.74) is 2.85. The van der Waals surface area contributed by atoms with Gasteiger partial charge in [-0.15, -0.1) is 0 Å². The second-order valence-electron chi connectivity index (χ2n) is 10.9. The maximum Gasteiger partial charge on any atom is 0.246 e. The smallest absolute Gasteiger partial charge is 0.246 e. The lowest BCUT2D eigenvalue weighted by Crippen LogP contribution is -2.41. The number of halogens is 1. The first-order valence-corrected chi connectivity index (χ1v) is 15.6. The van der Waals surface area contributed by atoms with Gasteiger partial charge in [0.1, 0.15) is 12.4 Å². The van der Waals surface area contributed by atoms with E-state index in [2.05, 4.69) is 14.9 Å². The van der Waals surface area contributed by atoms with Crippen LogP contribution in [-0.2, 0) is 26.0 Å². The van der Waals surface area contributed by atoms with Gasteiger partial charge in [-0.2, -0.15) is 0 Å². The molecule has 3 aromatic rings. The number of carbonyl (C=O) groups excluding carboxylic acids is 1. The number of rotatable bonds is 13. The molecular weight excluding hydrogens is 541 g/mol. The van der Waals surface area contributed by atoms with Crippen molar-refractivity contribution in [3.05, 3.63) is 101 Å². The number of ether oxygens (including phenoxy) is 1. The van der Waals surface area contributed by atoms with E-state index in [9.17, 15) is 17.6 Å². The molecule has 0 bridgehead atoms. The predicted octanol–water partition coefficient (Wildman–Crippen LogP) is 4.69. The van der Waals surface area contributed by atoms with Crippen LogP contribution in [0.2, 0.25) is 0 Å². The molecule has 2 N–H and O–H groups in total. The molecule has 1 aliphatic rings. The monoisotopic (exact) mass is 581 g/mol. The summed E-state index contributed by atoms with van der Waals surface area (Å²) in [6, 6.07) is 23.7. The van der Waals surface area contributed by atoms with E-state index in [-0.39, 0.29) is 48.5 Å². The van der Waals surface area contributed by atoms with Gasteiger partial charge < -0.3 is 15.0 Å². The first-order chi connectivity index (χ1) is 19.7. The summed E-state index contributed by atoms with van der Waals surface area (Å²) in [5, 5.41) is 3.05. The predicted molar refractivity (Wildman–Crippen MR) is 158 cm³/mol. The van der Waals surface area contributed by atoms with Crippen molar-refractivity contribution < 1.29 is 22.3 Å². The lowest BCUT2D eigenvalue weighted by Gasteiger charge is -2.37. The van der Waals surface area contributed by atoms with Gasteiger partial charge in [0, 0.05) is 18.6 Å². The molecule has 7 nitrogen and oxygen atoms in total. The third-order valence-electron chi connectivity index (χ3n) is 7.62. The van der Waals surface area contributed by atoms with Crippen LogP contribution in [0, 0.1) is 11.7 Å². The molecule has 1 saturated carbocycles. The Labute approximate surface area is 243 Å². The Kier molecular flexibility index (Phi) is 11.0. The summed E-state index contributed by atoms with van der Waals surface area (Å²) in [5.74, 6) is -0.0145. The Hall–Kier alpha value is -3.11. The highest BCUT2D eigenvalue weighted by molar-refractivity contribution is 7.89. The first-order valence-electron chi connectivity index (χ1n) is 14.1. The van der Waals surface area contributed by atoms with Gasteiger partial charge in [-0.3, -0.25) is 4.79 Å². The van der Waals surface area contributed by atoms with Crippen LogP contribution in [0.15, 0.2) is 83.8 Å². The van der Waals surface area contributed by atoms with E-state index in [1.807, 2.05) is 68.7 Å². The van der Waals surface area contributed by atoms with Crippen LogP contribution in [-0.4, -0.2) is 59.1 Å². The molecule has 1 unspecified atom stereocenters. The van der Waals surface area contributed by atoms with Gasteiger partial charge in [0.05, 0.1) is 11.5 Å². The molecule has 0 radical (unpaired) electrons. The van der Waals surface area contributed by atoms with Crippen LogP contribution in [0.1, 0.15) is 48.4 Å². The van der Waals surface area contributed by atoms with Crippen molar-refractivity contribution >= 4 is 15.9 Å². The van der Waals surface area contributed by atoms with Crippen LogP contribution in [0.3, 0.4) is 0 Å². The van der Waals surface area contributed by atoms with Crippen molar-refractivity contribution in [3.63, 3.8) is 0 Å². The number of nitrogens with one attached hydrogen (secondary N) is 2. The Bertz CT molecular complexity index is 1360. The molecule has 4 rings (SSSR count). The van der Waals surface area contributed by atoms with Crippen LogP contribution in [0.5, 0.6) is 0 Å². The molecule has 0 aromatic heterocycles. The maximum atomic E-state index is 13.4. The molecule has 220 valence electrons. The third kappa shape index (κ3) is 8.94. The van der Waals surface area contributed by atoms with E-state index >= 15 is 0 Å². The molecule has 0 aliphatic heterocycles. The minimum atomic E-state index is -3.73. The molecule has 0 heterocycles. The molecular formula is C32H40FN3O4S. The van der Waals surface area contributed by atoms with Crippen LogP contribution >= 0.6 is 0 Å². The average molecular weight is 582 g/mol. The normalized spacial score (nSPS) is 18.2.